The molecule has 0 radical (unpaired) electrons. The fraction of sp³-hybridized carbons (Fsp3) is 0.176. The van der Waals surface area contributed by atoms with Crippen molar-refractivity contribution in [2.75, 3.05) is 5.32 Å². The van der Waals surface area contributed by atoms with E-state index < -0.39 is 0 Å². The molecule has 0 unspecified atom stereocenters. The van der Waals surface area contributed by atoms with Crippen molar-refractivity contribution in [1.82, 2.24) is 14.1 Å². The molecule has 1 amide bonds. The summed E-state index contributed by atoms with van der Waals surface area (Å²) in [6.45, 7) is 4.28. The van der Waals surface area contributed by atoms with Crippen LogP contribution in [0.2, 0.25) is 0 Å². The quantitative estimate of drug-likeness (QED) is 0.696. The van der Waals surface area contributed by atoms with E-state index in [2.05, 4.69) is 33.2 Å². The molecular weight excluding hydrogens is 340 g/mol. The predicted octanol–water partition coefficient (Wildman–Crippen LogP) is 3.94. The molecule has 0 fully saturated rings. The maximum absolute atomic E-state index is 12.3. The highest BCUT2D eigenvalue weighted by Gasteiger charge is 2.10. The molecule has 122 valence electrons. The van der Waals surface area contributed by atoms with Crippen LogP contribution in [0.3, 0.4) is 0 Å². The summed E-state index contributed by atoms with van der Waals surface area (Å²) >= 11 is 6.33. The van der Waals surface area contributed by atoms with E-state index in [-0.39, 0.29) is 11.0 Å². The van der Waals surface area contributed by atoms with Gasteiger partial charge in [0, 0.05) is 11.3 Å². The van der Waals surface area contributed by atoms with Crippen molar-refractivity contribution in [3.63, 3.8) is 0 Å². The molecule has 3 aromatic rings. The number of benzene rings is 2. The number of carbonyl (C=O) groups is 1. The first-order valence-corrected chi connectivity index (χ1v) is 8.61. The standard InChI is InChI=1S/C17H16N4OS2/c1-10(2)11-3-6-13(7-4-11)18-17(23)19-16(22)12-5-8-14-15(9-12)21-24-20-14/h3-10H,1-2H3,(H2,18,19,22,23). The Hall–Kier alpha value is -2.38. The molecular formula is C17H16N4OS2. The van der Waals surface area contributed by atoms with Crippen LogP contribution in [-0.4, -0.2) is 19.8 Å². The third kappa shape index (κ3) is 3.74. The minimum absolute atomic E-state index is 0.258. The third-order valence-corrected chi connectivity index (χ3v) is 4.34. The van der Waals surface area contributed by atoms with E-state index in [9.17, 15) is 4.79 Å². The van der Waals surface area contributed by atoms with Crippen molar-refractivity contribution in [2.45, 2.75) is 19.8 Å². The normalized spacial score (nSPS) is 10.8. The van der Waals surface area contributed by atoms with Crippen molar-refractivity contribution < 1.29 is 4.79 Å². The Bertz CT molecular complexity index is 887. The highest BCUT2D eigenvalue weighted by molar-refractivity contribution is 7.80. The topological polar surface area (TPSA) is 66.9 Å². The minimum atomic E-state index is -0.277. The number of hydrogen-bond acceptors (Lipinski definition) is 5. The van der Waals surface area contributed by atoms with E-state index in [1.54, 1.807) is 18.2 Å². The van der Waals surface area contributed by atoms with Crippen molar-refractivity contribution in [2.24, 2.45) is 0 Å². The zero-order chi connectivity index (χ0) is 17.1. The Morgan fingerprint density at radius 1 is 1.08 bits per heavy atom. The summed E-state index contributed by atoms with van der Waals surface area (Å²) in [6, 6.07) is 13.2. The van der Waals surface area contributed by atoms with Gasteiger partial charge < -0.3 is 5.32 Å². The van der Waals surface area contributed by atoms with Gasteiger partial charge in [0.15, 0.2) is 5.11 Å². The molecule has 0 aliphatic heterocycles. The van der Waals surface area contributed by atoms with E-state index in [0.717, 1.165) is 22.9 Å². The van der Waals surface area contributed by atoms with Gasteiger partial charge in [0.25, 0.3) is 5.91 Å². The van der Waals surface area contributed by atoms with Gasteiger partial charge in [-0.3, -0.25) is 10.1 Å². The van der Waals surface area contributed by atoms with Crippen LogP contribution in [-0.2, 0) is 0 Å². The monoisotopic (exact) mass is 356 g/mol. The molecule has 7 heteroatoms. The van der Waals surface area contributed by atoms with E-state index in [4.69, 9.17) is 12.2 Å². The summed E-state index contributed by atoms with van der Waals surface area (Å²) in [6.07, 6.45) is 0. The number of rotatable bonds is 3. The van der Waals surface area contributed by atoms with Gasteiger partial charge in [-0.15, -0.1) is 0 Å². The molecule has 24 heavy (non-hydrogen) atoms. The molecule has 1 aromatic heterocycles. The lowest BCUT2D eigenvalue weighted by atomic mass is 10.0. The number of anilines is 1. The highest BCUT2D eigenvalue weighted by Crippen LogP contribution is 2.17. The number of carbonyl (C=O) groups excluding carboxylic acids is 1. The lowest BCUT2D eigenvalue weighted by Crippen LogP contribution is -2.34. The number of hydrogen-bond donors (Lipinski definition) is 2. The van der Waals surface area contributed by atoms with E-state index in [1.807, 2.05) is 24.3 Å². The molecule has 0 atom stereocenters. The number of aromatic nitrogens is 2. The molecule has 2 N–H and O–H groups in total. The van der Waals surface area contributed by atoms with Gasteiger partial charge in [-0.2, -0.15) is 8.75 Å². The smallest absolute Gasteiger partial charge is 0.257 e. The number of nitrogens with zero attached hydrogens (tertiary/aromatic N) is 2. The van der Waals surface area contributed by atoms with Crippen LogP contribution in [0.1, 0.15) is 35.7 Å². The zero-order valence-electron chi connectivity index (χ0n) is 13.2. The van der Waals surface area contributed by atoms with Crippen LogP contribution < -0.4 is 10.6 Å². The van der Waals surface area contributed by atoms with Gasteiger partial charge in [0.1, 0.15) is 11.0 Å². The van der Waals surface area contributed by atoms with Crippen molar-refractivity contribution in [3.8, 4) is 0 Å². The lowest BCUT2D eigenvalue weighted by molar-refractivity contribution is 0.0978. The van der Waals surface area contributed by atoms with Gasteiger partial charge in [0.2, 0.25) is 0 Å². The summed E-state index contributed by atoms with van der Waals surface area (Å²) in [5.41, 5.74) is 4.07. The largest absolute Gasteiger partial charge is 0.332 e. The molecule has 5 nitrogen and oxygen atoms in total. The van der Waals surface area contributed by atoms with E-state index >= 15 is 0 Å². The summed E-state index contributed by atoms with van der Waals surface area (Å²) in [7, 11) is 0. The van der Waals surface area contributed by atoms with Crippen molar-refractivity contribution in [1.29, 1.82) is 0 Å². The highest BCUT2D eigenvalue weighted by atomic mass is 32.1. The van der Waals surface area contributed by atoms with E-state index in [1.165, 1.54) is 5.56 Å². The molecule has 0 aliphatic rings. The number of amides is 1. The molecule has 0 spiro atoms. The van der Waals surface area contributed by atoms with Gasteiger partial charge in [0.05, 0.1) is 11.7 Å². The fourth-order valence-corrected chi connectivity index (χ4v) is 2.94. The first-order valence-electron chi connectivity index (χ1n) is 7.47. The minimum Gasteiger partial charge on any atom is -0.332 e. The Kier molecular flexibility index (Phi) is 4.82. The second-order valence-corrected chi connectivity index (χ2v) is 6.59. The van der Waals surface area contributed by atoms with Gasteiger partial charge in [-0.25, -0.2) is 0 Å². The number of nitrogens with one attached hydrogen (secondary N) is 2. The molecule has 0 aliphatic carbocycles. The van der Waals surface area contributed by atoms with Crippen LogP contribution in [0.15, 0.2) is 42.5 Å². The SMILES string of the molecule is CC(C)c1ccc(NC(=S)NC(=O)c2ccc3nsnc3c2)cc1. The molecule has 0 bridgehead atoms. The van der Waals surface area contributed by atoms with Gasteiger partial charge >= 0.3 is 0 Å². The third-order valence-electron chi connectivity index (χ3n) is 3.58. The van der Waals surface area contributed by atoms with E-state index in [0.29, 0.717) is 17.0 Å². The molecule has 3 rings (SSSR count). The Labute approximate surface area is 149 Å². The van der Waals surface area contributed by atoms with Crippen LogP contribution in [0, 0.1) is 0 Å². The maximum Gasteiger partial charge on any atom is 0.257 e. The number of thiocarbonyl (C=S) groups is 1. The second kappa shape index (κ2) is 7.02. The van der Waals surface area contributed by atoms with Crippen LogP contribution in [0.5, 0.6) is 0 Å². The molecule has 0 saturated carbocycles. The van der Waals surface area contributed by atoms with Gasteiger partial charge in [-0.05, 0) is 54.0 Å². The predicted molar refractivity (Wildman–Crippen MR) is 102 cm³/mol. The zero-order valence-corrected chi connectivity index (χ0v) is 14.9. The summed E-state index contributed by atoms with van der Waals surface area (Å²) in [5, 5.41) is 5.95. The second-order valence-electron chi connectivity index (χ2n) is 5.65. The molecule has 0 saturated heterocycles. The summed E-state index contributed by atoms with van der Waals surface area (Å²) < 4.78 is 8.25. The fourth-order valence-electron chi connectivity index (χ4n) is 2.21. The average Bonchev–Trinajstić information content (AvgIpc) is 3.02. The van der Waals surface area contributed by atoms with Crippen LogP contribution >= 0.6 is 23.9 Å². The Morgan fingerprint density at radius 3 is 2.50 bits per heavy atom. The lowest BCUT2D eigenvalue weighted by Gasteiger charge is -2.11. The number of fused-ring (bicyclic) bond motifs is 1. The van der Waals surface area contributed by atoms with Crippen LogP contribution in [0.4, 0.5) is 5.69 Å². The molecule has 1 heterocycles. The molecule has 2 aromatic carbocycles. The van der Waals surface area contributed by atoms with Crippen molar-refractivity contribution >= 4 is 51.7 Å². The van der Waals surface area contributed by atoms with Gasteiger partial charge in [-0.1, -0.05) is 26.0 Å². The summed E-state index contributed by atoms with van der Waals surface area (Å²) in [4.78, 5) is 12.3. The Balaban J connectivity index is 1.64. The first kappa shape index (κ1) is 16.5. The van der Waals surface area contributed by atoms with Crippen LogP contribution in [0.25, 0.3) is 11.0 Å². The average molecular weight is 356 g/mol. The summed E-state index contributed by atoms with van der Waals surface area (Å²) in [5.74, 6) is 0.196. The maximum atomic E-state index is 12.3. The first-order chi connectivity index (χ1) is 11.5. The Morgan fingerprint density at radius 2 is 1.79 bits per heavy atom. The van der Waals surface area contributed by atoms with Crippen molar-refractivity contribution in [3.05, 3.63) is 53.6 Å².